The molecule has 192 valence electrons. The molecule has 2 aromatic carbocycles. The molecule has 36 heavy (non-hydrogen) atoms. The van der Waals surface area contributed by atoms with Crippen LogP contribution < -0.4 is 0 Å². The first-order chi connectivity index (χ1) is 17.4. The lowest BCUT2D eigenvalue weighted by molar-refractivity contribution is -0.172. The monoisotopic (exact) mass is 490 g/mol. The molecule has 0 saturated heterocycles. The zero-order chi connectivity index (χ0) is 25.7. The summed E-state index contributed by atoms with van der Waals surface area (Å²) in [6.45, 7) is 9.06. The van der Waals surface area contributed by atoms with Crippen molar-refractivity contribution in [2.24, 2.45) is 5.92 Å². The highest BCUT2D eigenvalue weighted by Crippen LogP contribution is 2.46. The minimum atomic E-state index is -1.26. The van der Waals surface area contributed by atoms with E-state index in [0.29, 0.717) is 12.5 Å². The second-order valence-corrected chi connectivity index (χ2v) is 9.94. The van der Waals surface area contributed by atoms with Crippen LogP contribution in [0.15, 0.2) is 71.8 Å². The molecule has 6 heteroatoms. The van der Waals surface area contributed by atoms with Crippen molar-refractivity contribution >= 4 is 12.1 Å². The number of benzene rings is 2. The normalized spacial score (nSPS) is 24.3. The predicted molar refractivity (Wildman–Crippen MR) is 140 cm³/mol. The van der Waals surface area contributed by atoms with Gasteiger partial charge >= 0.3 is 12.1 Å². The highest BCUT2D eigenvalue weighted by molar-refractivity contribution is 5.89. The summed E-state index contributed by atoms with van der Waals surface area (Å²) in [5, 5.41) is 3.52. The maximum atomic E-state index is 13.9. The molecule has 4 rings (SSSR count). The zero-order valence-corrected chi connectivity index (χ0v) is 21.9. The van der Waals surface area contributed by atoms with Crippen LogP contribution in [-0.2, 0) is 27.5 Å². The van der Waals surface area contributed by atoms with Crippen LogP contribution in [0.5, 0.6) is 0 Å². The average Bonchev–Trinajstić information content (AvgIpc) is 2.92. The van der Waals surface area contributed by atoms with E-state index in [4.69, 9.17) is 9.47 Å². The second-order valence-electron chi connectivity index (χ2n) is 9.94. The summed E-state index contributed by atoms with van der Waals surface area (Å²) in [5.41, 5.74) is 2.82. The molecule has 3 atom stereocenters. The maximum absolute atomic E-state index is 13.9. The summed E-state index contributed by atoms with van der Waals surface area (Å²) in [6, 6.07) is 19.2. The van der Waals surface area contributed by atoms with Crippen molar-refractivity contribution in [1.82, 2.24) is 10.0 Å². The molecule has 2 aromatic rings. The van der Waals surface area contributed by atoms with Crippen LogP contribution in [0, 0.1) is 5.92 Å². The van der Waals surface area contributed by atoms with Gasteiger partial charge in [-0.05, 0) is 61.3 Å². The lowest BCUT2D eigenvalue weighted by atomic mass is 9.71. The smallest absolute Gasteiger partial charge is 0.426 e. The van der Waals surface area contributed by atoms with Gasteiger partial charge in [0.25, 0.3) is 0 Å². The standard InChI is InChI=1S/C30H38N2O4/c1-5-23-17-18-27-26(19-23)22(3)31(6-2)32(29(34)36-21-25-15-11-8-12-16-25)30(27,4)28(33)35-20-24-13-9-7-10-14-24/h7-16,22-23H,5-6,17-21H2,1-4H3. The van der Waals surface area contributed by atoms with Crippen LogP contribution in [0.2, 0.25) is 0 Å². The average molecular weight is 491 g/mol. The molecule has 3 unspecified atom stereocenters. The highest BCUT2D eigenvalue weighted by Gasteiger charge is 2.56. The minimum Gasteiger partial charge on any atom is -0.459 e. The number of hydrogen-bond acceptors (Lipinski definition) is 5. The van der Waals surface area contributed by atoms with Crippen molar-refractivity contribution < 1.29 is 19.1 Å². The Balaban J connectivity index is 1.69. The summed E-state index contributed by atoms with van der Waals surface area (Å²) >= 11 is 0. The number of nitrogens with zero attached hydrogens (tertiary/aromatic N) is 2. The number of carbonyl (C=O) groups is 2. The summed E-state index contributed by atoms with van der Waals surface area (Å²) in [7, 11) is 0. The fourth-order valence-corrected chi connectivity index (χ4v) is 5.67. The van der Waals surface area contributed by atoms with Crippen LogP contribution in [0.4, 0.5) is 4.79 Å². The van der Waals surface area contributed by atoms with Gasteiger partial charge < -0.3 is 9.47 Å². The van der Waals surface area contributed by atoms with Crippen molar-refractivity contribution in [3.63, 3.8) is 0 Å². The molecule has 0 aromatic heterocycles. The van der Waals surface area contributed by atoms with Crippen molar-refractivity contribution in [2.45, 2.75) is 78.2 Å². The third-order valence-electron chi connectivity index (χ3n) is 7.81. The number of hydrazine groups is 1. The van der Waals surface area contributed by atoms with Gasteiger partial charge in [-0.2, -0.15) is 0 Å². The zero-order valence-electron chi connectivity index (χ0n) is 21.9. The van der Waals surface area contributed by atoms with Gasteiger partial charge in [-0.15, -0.1) is 0 Å². The van der Waals surface area contributed by atoms with Gasteiger partial charge in [0.05, 0.1) is 0 Å². The van der Waals surface area contributed by atoms with E-state index in [9.17, 15) is 9.59 Å². The van der Waals surface area contributed by atoms with E-state index in [1.807, 2.05) is 79.5 Å². The van der Waals surface area contributed by atoms with Crippen LogP contribution >= 0.6 is 0 Å². The molecule has 1 aliphatic heterocycles. The molecule has 6 nitrogen and oxygen atoms in total. The molecule has 0 spiro atoms. The van der Waals surface area contributed by atoms with Crippen molar-refractivity contribution in [3.8, 4) is 0 Å². The fourth-order valence-electron chi connectivity index (χ4n) is 5.67. The number of amides is 1. The van der Waals surface area contributed by atoms with E-state index >= 15 is 0 Å². The lowest BCUT2D eigenvalue weighted by Crippen LogP contribution is -2.69. The Bertz CT molecular complexity index is 1080. The van der Waals surface area contributed by atoms with E-state index in [1.165, 1.54) is 5.57 Å². The Morgan fingerprint density at radius 1 is 0.944 bits per heavy atom. The number of carbonyl (C=O) groups excluding carboxylic acids is 2. The quantitative estimate of drug-likeness (QED) is 0.338. The SMILES string of the molecule is CCC1CCC2=C(C1)C(C)N(CC)N(C(=O)OCc1ccccc1)C2(C)C(=O)OCc1ccccc1. The van der Waals surface area contributed by atoms with E-state index in [2.05, 4.69) is 13.8 Å². The Kier molecular flexibility index (Phi) is 8.14. The topological polar surface area (TPSA) is 59.1 Å². The van der Waals surface area contributed by atoms with E-state index < -0.39 is 17.6 Å². The highest BCUT2D eigenvalue weighted by atomic mass is 16.6. The molecule has 0 saturated carbocycles. The first-order valence-corrected chi connectivity index (χ1v) is 13.1. The van der Waals surface area contributed by atoms with Crippen LogP contribution in [0.3, 0.4) is 0 Å². The van der Waals surface area contributed by atoms with Crippen LogP contribution in [0.1, 0.15) is 64.5 Å². The first-order valence-electron chi connectivity index (χ1n) is 13.1. The molecular formula is C30H38N2O4. The Morgan fingerprint density at radius 3 is 2.08 bits per heavy atom. The molecule has 1 heterocycles. The van der Waals surface area contributed by atoms with Crippen molar-refractivity contribution in [3.05, 3.63) is 82.9 Å². The third-order valence-corrected chi connectivity index (χ3v) is 7.81. The van der Waals surface area contributed by atoms with Gasteiger partial charge in [0.1, 0.15) is 13.2 Å². The number of likely N-dealkylation sites (N-methyl/N-ethyl adjacent to an activating group) is 1. The van der Waals surface area contributed by atoms with Gasteiger partial charge in [-0.3, -0.25) is 0 Å². The van der Waals surface area contributed by atoms with E-state index in [1.54, 1.807) is 5.01 Å². The predicted octanol–water partition coefficient (Wildman–Crippen LogP) is 6.27. The first kappa shape index (κ1) is 26.0. The summed E-state index contributed by atoms with van der Waals surface area (Å²) in [4.78, 5) is 27.6. The van der Waals surface area contributed by atoms with E-state index in [-0.39, 0.29) is 19.3 Å². The molecule has 2 aliphatic rings. The molecule has 1 aliphatic carbocycles. The second kappa shape index (κ2) is 11.3. The summed E-state index contributed by atoms with van der Waals surface area (Å²) in [5.74, 6) is 0.168. The molecule has 0 fully saturated rings. The van der Waals surface area contributed by atoms with Crippen LogP contribution in [0.25, 0.3) is 0 Å². The number of rotatable bonds is 7. The third kappa shape index (κ3) is 5.05. The largest absolute Gasteiger partial charge is 0.459 e. The van der Waals surface area contributed by atoms with Crippen molar-refractivity contribution in [1.29, 1.82) is 0 Å². The number of esters is 1. The molecule has 0 N–H and O–H groups in total. The van der Waals surface area contributed by atoms with Gasteiger partial charge in [-0.1, -0.05) is 80.9 Å². The lowest BCUT2D eigenvalue weighted by Gasteiger charge is -2.54. The van der Waals surface area contributed by atoms with Crippen molar-refractivity contribution in [2.75, 3.05) is 6.54 Å². The molecule has 0 radical (unpaired) electrons. The molecule has 1 amide bonds. The number of hydrogen-bond donors (Lipinski definition) is 0. The maximum Gasteiger partial charge on any atom is 0.426 e. The molecule has 0 bridgehead atoms. The summed E-state index contributed by atoms with van der Waals surface area (Å²) in [6.07, 6.45) is 3.29. The Hall–Kier alpha value is -3.12. The van der Waals surface area contributed by atoms with Gasteiger partial charge in [0.15, 0.2) is 5.54 Å². The van der Waals surface area contributed by atoms with Gasteiger partial charge in [-0.25, -0.2) is 19.6 Å². The fraction of sp³-hybridized carbons (Fsp3) is 0.467. The van der Waals surface area contributed by atoms with Gasteiger partial charge in [0.2, 0.25) is 0 Å². The van der Waals surface area contributed by atoms with E-state index in [0.717, 1.165) is 42.4 Å². The van der Waals surface area contributed by atoms with Crippen LogP contribution in [-0.4, -0.2) is 40.2 Å². The Morgan fingerprint density at radius 2 is 1.53 bits per heavy atom. The number of ether oxygens (including phenoxy) is 2. The Labute approximate surface area is 214 Å². The minimum absolute atomic E-state index is 0.00127. The molecular weight excluding hydrogens is 452 g/mol. The summed E-state index contributed by atoms with van der Waals surface area (Å²) < 4.78 is 11.7. The van der Waals surface area contributed by atoms with Gasteiger partial charge in [0, 0.05) is 12.6 Å².